The zero-order valence-corrected chi connectivity index (χ0v) is 9.38. The quantitative estimate of drug-likeness (QED) is 0.796. The molecular formula is C12H16ClN. The first-order valence-electron chi connectivity index (χ1n) is 5.11. The van der Waals surface area contributed by atoms with Crippen LogP contribution in [0.2, 0.25) is 5.02 Å². The first-order chi connectivity index (χ1) is 6.59. The summed E-state index contributed by atoms with van der Waals surface area (Å²) in [6.45, 7) is 4.22. The van der Waals surface area contributed by atoms with Crippen LogP contribution in [0.4, 0.5) is 0 Å². The maximum atomic E-state index is 5.92. The summed E-state index contributed by atoms with van der Waals surface area (Å²) in [6.07, 6.45) is 1.24. The second-order valence-corrected chi connectivity index (χ2v) is 4.80. The van der Waals surface area contributed by atoms with Gasteiger partial charge in [-0.05, 0) is 55.4 Å². The molecule has 76 valence electrons. The monoisotopic (exact) mass is 209 g/mol. The Balaban J connectivity index is 2.19. The number of aryl methyl sites for hydroxylation is 1. The molecular weight excluding hydrogens is 194 g/mol. The Kier molecular flexibility index (Phi) is 2.54. The predicted octanol–water partition coefficient (Wildman–Crippen LogP) is 3.10. The van der Waals surface area contributed by atoms with Gasteiger partial charge in [0.1, 0.15) is 0 Å². The summed E-state index contributed by atoms with van der Waals surface area (Å²) in [4.78, 5) is 0. The standard InChI is InChI=1S/C12H16ClN/c1-7-5-9(13)3-4-10(7)12-6-11(12)8(2)14/h3-5,8,11-12H,6,14H2,1-2H3. The van der Waals surface area contributed by atoms with E-state index >= 15 is 0 Å². The average molecular weight is 210 g/mol. The molecule has 2 rings (SSSR count). The summed E-state index contributed by atoms with van der Waals surface area (Å²) < 4.78 is 0. The number of hydrogen-bond donors (Lipinski definition) is 1. The highest BCUT2D eigenvalue weighted by Gasteiger charge is 2.41. The third-order valence-electron chi connectivity index (χ3n) is 3.15. The van der Waals surface area contributed by atoms with Gasteiger partial charge in [0.2, 0.25) is 0 Å². The molecule has 1 nitrogen and oxygen atoms in total. The van der Waals surface area contributed by atoms with Crippen LogP contribution < -0.4 is 5.73 Å². The SMILES string of the molecule is Cc1cc(Cl)ccc1C1CC1C(C)N. The van der Waals surface area contributed by atoms with Crippen molar-refractivity contribution in [1.29, 1.82) is 0 Å². The van der Waals surface area contributed by atoms with Gasteiger partial charge >= 0.3 is 0 Å². The first-order valence-corrected chi connectivity index (χ1v) is 5.49. The van der Waals surface area contributed by atoms with Crippen molar-refractivity contribution < 1.29 is 0 Å². The fourth-order valence-electron chi connectivity index (χ4n) is 2.21. The summed E-state index contributed by atoms with van der Waals surface area (Å²) in [5.74, 6) is 1.35. The van der Waals surface area contributed by atoms with E-state index in [0.29, 0.717) is 17.9 Å². The summed E-state index contributed by atoms with van der Waals surface area (Å²) in [5.41, 5.74) is 8.60. The van der Waals surface area contributed by atoms with Crippen molar-refractivity contribution in [2.75, 3.05) is 0 Å². The van der Waals surface area contributed by atoms with Crippen molar-refractivity contribution in [2.45, 2.75) is 32.2 Å². The van der Waals surface area contributed by atoms with Crippen molar-refractivity contribution in [2.24, 2.45) is 11.7 Å². The lowest BCUT2D eigenvalue weighted by atomic mass is 10.0. The molecule has 0 aliphatic heterocycles. The summed E-state index contributed by atoms with van der Waals surface area (Å²) in [7, 11) is 0. The Hall–Kier alpha value is -0.530. The van der Waals surface area contributed by atoms with Gasteiger partial charge in [0.05, 0.1) is 0 Å². The van der Waals surface area contributed by atoms with E-state index in [0.717, 1.165) is 5.02 Å². The zero-order chi connectivity index (χ0) is 10.3. The van der Waals surface area contributed by atoms with E-state index in [2.05, 4.69) is 19.9 Å². The molecule has 1 aromatic rings. The maximum absolute atomic E-state index is 5.92. The van der Waals surface area contributed by atoms with Crippen LogP contribution >= 0.6 is 11.6 Å². The molecule has 0 saturated heterocycles. The Bertz CT molecular complexity index is 346. The van der Waals surface area contributed by atoms with Gasteiger partial charge in [0.15, 0.2) is 0 Å². The molecule has 3 unspecified atom stereocenters. The van der Waals surface area contributed by atoms with Crippen molar-refractivity contribution in [3.63, 3.8) is 0 Å². The largest absolute Gasteiger partial charge is 0.328 e. The summed E-state index contributed by atoms with van der Waals surface area (Å²) in [5, 5.41) is 0.823. The van der Waals surface area contributed by atoms with Crippen LogP contribution in [0.15, 0.2) is 18.2 Å². The molecule has 1 saturated carbocycles. The number of hydrogen-bond acceptors (Lipinski definition) is 1. The molecule has 0 heterocycles. The number of rotatable bonds is 2. The molecule has 3 atom stereocenters. The van der Waals surface area contributed by atoms with E-state index in [1.54, 1.807) is 0 Å². The predicted molar refractivity (Wildman–Crippen MR) is 60.7 cm³/mol. The van der Waals surface area contributed by atoms with E-state index < -0.39 is 0 Å². The van der Waals surface area contributed by atoms with Gasteiger partial charge in [-0.15, -0.1) is 0 Å². The van der Waals surface area contributed by atoms with Crippen molar-refractivity contribution in [3.05, 3.63) is 34.3 Å². The minimum Gasteiger partial charge on any atom is -0.328 e. The molecule has 0 bridgehead atoms. The molecule has 1 aromatic carbocycles. The van der Waals surface area contributed by atoms with Crippen molar-refractivity contribution in [1.82, 2.24) is 0 Å². The van der Waals surface area contributed by atoms with Gasteiger partial charge in [-0.1, -0.05) is 17.7 Å². The van der Waals surface area contributed by atoms with E-state index in [1.165, 1.54) is 17.5 Å². The fraction of sp³-hybridized carbons (Fsp3) is 0.500. The van der Waals surface area contributed by atoms with Crippen LogP contribution in [0.1, 0.15) is 30.4 Å². The van der Waals surface area contributed by atoms with E-state index in [-0.39, 0.29) is 0 Å². The summed E-state index contributed by atoms with van der Waals surface area (Å²) in [6, 6.07) is 6.47. The third-order valence-corrected chi connectivity index (χ3v) is 3.38. The lowest BCUT2D eigenvalue weighted by Crippen LogP contribution is -2.18. The van der Waals surface area contributed by atoms with Crippen LogP contribution in [0.3, 0.4) is 0 Å². The minimum atomic E-state index is 0.315. The van der Waals surface area contributed by atoms with Crippen LogP contribution in [-0.2, 0) is 0 Å². The van der Waals surface area contributed by atoms with Crippen LogP contribution in [-0.4, -0.2) is 6.04 Å². The van der Waals surface area contributed by atoms with Gasteiger partial charge in [0, 0.05) is 11.1 Å². The molecule has 1 aliphatic carbocycles. The number of halogens is 1. The van der Waals surface area contributed by atoms with Crippen molar-refractivity contribution in [3.8, 4) is 0 Å². The lowest BCUT2D eigenvalue weighted by molar-refractivity contribution is 0.631. The fourth-order valence-corrected chi connectivity index (χ4v) is 2.44. The van der Waals surface area contributed by atoms with Gasteiger partial charge in [-0.3, -0.25) is 0 Å². The third kappa shape index (κ3) is 1.79. The molecule has 2 heteroatoms. The zero-order valence-electron chi connectivity index (χ0n) is 8.63. The normalized spacial score (nSPS) is 27.4. The van der Waals surface area contributed by atoms with Crippen molar-refractivity contribution >= 4 is 11.6 Å². The smallest absolute Gasteiger partial charge is 0.0408 e. The lowest BCUT2D eigenvalue weighted by Gasteiger charge is -2.07. The molecule has 1 aliphatic rings. The maximum Gasteiger partial charge on any atom is 0.0408 e. The molecule has 2 N–H and O–H groups in total. The van der Waals surface area contributed by atoms with Gasteiger partial charge in [-0.2, -0.15) is 0 Å². The molecule has 0 spiro atoms. The number of nitrogens with two attached hydrogens (primary N) is 1. The average Bonchev–Trinajstić information content (AvgIpc) is 2.83. The van der Waals surface area contributed by atoms with Crippen LogP contribution in [0.25, 0.3) is 0 Å². The van der Waals surface area contributed by atoms with Gasteiger partial charge < -0.3 is 5.73 Å². The van der Waals surface area contributed by atoms with Gasteiger partial charge in [-0.25, -0.2) is 0 Å². The Morgan fingerprint density at radius 1 is 1.50 bits per heavy atom. The highest BCUT2D eigenvalue weighted by atomic mass is 35.5. The van der Waals surface area contributed by atoms with E-state index in [1.807, 2.05) is 12.1 Å². The first kappa shape index (κ1) is 10.0. The highest BCUT2D eigenvalue weighted by molar-refractivity contribution is 6.30. The minimum absolute atomic E-state index is 0.315. The van der Waals surface area contributed by atoms with E-state index in [4.69, 9.17) is 17.3 Å². The Labute approximate surface area is 90.3 Å². The molecule has 0 amide bonds. The molecule has 14 heavy (non-hydrogen) atoms. The molecule has 0 aromatic heterocycles. The highest BCUT2D eigenvalue weighted by Crippen LogP contribution is 2.50. The number of benzene rings is 1. The molecule has 1 fully saturated rings. The Morgan fingerprint density at radius 3 is 2.71 bits per heavy atom. The second kappa shape index (κ2) is 3.56. The van der Waals surface area contributed by atoms with Crippen LogP contribution in [0, 0.1) is 12.8 Å². The topological polar surface area (TPSA) is 26.0 Å². The molecule has 0 radical (unpaired) electrons. The van der Waals surface area contributed by atoms with Crippen LogP contribution in [0.5, 0.6) is 0 Å². The van der Waals surface area contributed by atoms with E-state index in [9.17, 15) is 0 Å². The second-order valence-electron chi connectivity index (χ2n) is 4.37. The Morgan fingerprint density at radius 2 is 2.21 bits per heavy atom. The summed E-state index contributed by atoms with van der Waals surface area (Å²) >= 11 is 5.92. The van der Waals surface area contributed by atoms with Gasteiger partial charge in [0.25, 0.3) is 0 Å².